The first-order valence-electron chi connectivity index (χ1n) is 6.96. The maximum atomic E-state index is 5.95. The second-order valence-corrected chi connectivity index (χ2v) is 6.50. The van der Waals surface area contributed by atoms with Gasteiger partial charge in [-0.2, -0.15) is 9.61 Å². The Hall–Kier alpha value is -2.57. The third kappa shape index (κ3) is 1.92. The molecule has 0 N–H and O–H groups in total. The van der Waals surface area contributed by atoms with E-state index in [1.54, 1.807) is 4.52 Å². The number of hydrogen-bond donors (Lipinski definition) is 0. The summed E-state index contributed by atoms with van der Waals surface area (Å²) in [6.07, 6.45) is 0. The lowest BCUT2D eigenvalue weighted by atomic mass is 10.2. The molecule has 0 unspecified atom stereocenters. The van der Waals surface area contributed by atoms with Crippen LogP contribution in [0.5, 0.6) is 0 Å². The largest absolute Gasteiger partial charge is 0.235 e. The summed E-state index contributed by atoms with van der Waals surface area (Å²) in [4.78, 5) is 5.36. The van der Waals surface area contributed by atoms with Crippen LogP contribution in [0.4, 0.5) is 0 Å². The maximum absolute atomic E-state index is 5.95. The molecule has 0 saturated carbocycles. The van der Waals surface area contributed by atoms with Gasteiger partial charge < -0.3 is 0 Å². The zero-order valence-electron chi connectivity index (χ0n) is 11.6. The van der Waals surface area contributed by atoms with E-state index in [9.17, 15) is 0 Å². The van der Waals surface area contributed by atoms with Crippen molar-refractivity contribution in [1.82, 2.24) is 24.8 Å². The molecule has 2 aliphatic heterocycles. The molecule has 7 heteroatoms. The monoisotopic (exact) mass is 337 g/mol. The van der Waals surface area contributed by atoms with Crippen LogP contribution >= 0.6 is 22.9 Å². The van der Waals surface area contributed by atoms with E-state index in [2.05, 4.69) is 20.3 Å². The molecular weight excluding hydrogens is 330 g/mol. The van der Waals surface area contributed by atoms with Crippen LogP contribution in [-0.4, -0.2) is 24.8 Å². The topological polar surface area (TPSA) is 56.0 Å². The van der Waals surface area contributed by atoms with Crippen molar-refractivity contribution in [1.29, 1.82) is 0 Å². The molecule has 5 rings (SSSR count). The van der Waals surface area contributed by atoms with Crippen LogP contribution in [-0.2, 0) is 0 Å². The van der Waals surface area contributed by atoms with E-state index in [0.717, 1.165) is 33.0 Å². The van der Waals surface area contributed by atoms with Crippen LogP contribution in [0, 0.1) is 0 Å². The van der Waals surface area contributed by atoms with Gasteiger partial charge >= 0.3 is 0 Å². The fourth-order valence-electron chi connectivity index (χ4n) is 2.59. The van der Waals surface area contributed by atoms with Crippen LogP contribution in [0.2, 0.25) is 5.02 Å². The van der Waals surface area contributed by atoms with Crippen molar-refractivity contribution in [2.24, 2.45) is 0 Å². The molecule has 0 fully saturated rings. The standard InChI is InChI=1S/C16H8ClN5S/c17-10-7-5-9(6-8-10)15-21-22-14-13(19-20-16(22)23-15)11-3-1-2-4-12(11)18-14/h1-8H. The lowest BCUT2D eigenvalue weighted by Gasteiger charge is -1.97. The Balaban J connectivity index is 1.78. The predicted molar refractivity (Wildman–Crippen MR) is 91.0 cm³/mol. The first-order chi connectivity index (χ1) is 11.3. The molecule has 0 saturated heterocycles. The first kappa shape index (κ1) is 12.9. The van der Waals surface area contributed by atoms with Crippen molar-refractivity contribution >= 4 is 38.8 Å². The lowest BCUT2D eigenvalue weighted by molar-refractivity contribution is 0.886. The van der Waals surface area contributed by atoms with Gasteiger partial charge in [0, 0.05) is 16.0 Å². The molecule has 3 aromatic rings. The Morgan fingerprint density at radius 1 is 0.957 bits per heavy atom. The molecule has 3 heterocycles. The highest BCUT2D eigenvalue weighted by Crippen LogP contribution is 2.32. The van der Waals surface area contributed by atoms with Gasteiger partial charge in [0.15, 0.2) is 5.82 Å². The van der Waals surface area contributed by atoms with Gasteiger partial charge in [0.2, 0.25) is 4.96 Å². The summed E-state index contributed by atoms with van der Waals surface area (Å²) in [6.45, 7) is 0. The van der Waals surface area contributed by atoms with Crippen molar-refractivity contribution in [3.8, 4) is 22.1 Å². The summed E-state index contributed by atoms with van der Waals surface area (Å²) < 4.78 is 1.76. The van der Waals surface area contributed by atoms with Gasteiger partial charge in [-0.15, -0.1) is 10.2 Å². The van der Waals surface area contributed by atoms with E-state index in [1.165, 1.54) is 11.3 Å². The van der Waals surface area contributed by atoms with Gasteiger partial charge in [-0.1, -0.05) is 53.3 Å². The molecule has 2 aliphatic rings. The number of rotatable bonds is 1. The summed E-state index contributed by atoms with van der Waals surface area (Å²) in [7, 11) is 0. The molecule has 0 atom stereocenters. The Morgan fingerprint density at radius 2 is 1.78 bits per heavy atom. The Kier molecular flexibility index (Phi) is 2.65. The fraction of sp³-hybridized carbons (Fsp3) is 0. The van der Waals surface area contributed by atoms with Crippen LogP contribution in [0.1, 0.15) is 0 Å². The Morgan fingerprint density at radius 3 is 2.65 bits per heavy atom. The van der Waals surface area contributed by atoms with Crippen LogP contribution in [0.3, 0.4) is 0 Å². The molecule has 0 bridgehead atoms. The normalized spacial score (nSPS) is 11.7. The van der Waals surface area contributed by atoms with Crippen LogP contribution in [0.25, 0.3) is 38.0 Å². The third-order valence-electron chi connectivity index (χ3n) is 3.68. The second-order valence-electron chi connectivity index (χ2n) is 5.11. The maximum Gasteiger partial charge on any atom is 0.235 e. The molecule has 0 amide bonds. The van der Waals surface area contributed by atoms with Crippen LogP contribution < -0.4 is 0 Å². The van der Waals surface area contributed by atoms with Crippen molar-refractivity contribution in [2.45, 2.75) is 0 Å². The van der Waals surface area contributed by atoms with Gasteiger partial charge in [0.1, 0.15) is 10.7 Å². The highest BCUT2D eigenvalue weighted by atomic mass is 35.5. The first-order valence-corrected chi connectivity index (χ1v) is 8.16. The minimum atomic E-state index is 0.702. The Labute approximate surface area is 139 Å². The van der Waals surface area contributed by atoms with E-state index >= 15 is 0 Å². The highest BCUT2D eigenvalue weighted by molar-refractivity contribution is 7.19. The summed E-state index contributed by atoms with van der Waals surface area (Å²) in [5.74, 6) is 0.729. The Bertz CT molecular complexity index is 1130. The van der Waals surface area contributed by atoms with Crippen molar-refractivity contribution in [3.05, 3.63) is 53.6 Å². The molecule has 23 heavy (non-hydrogen) atoms. The zero-order chi connectivity index (χ0) is 15.4. The fourth-order valence-corrected chi connectivity index (χ4v) is 3.56. The molecule has 0 radical (unpaired) electrons. The van der Waals surface area contributed by atoms with Gasteiger partial charge in [0.25, 0.3) is 0 Å². The number of para-hydroxylation sites is 1. The van der Waals surface area contributed by atoms with Crippen molar-refractivity contribution in [3.63, 3.8) is 0 Å². The number of aromatic nitrogens is 5. The summed E-state index contributed by atoms with van der Waals surface area (Å²) in [6, 6.07) is 15.5. The number of halogens is 1. The summed E-state index contributed by atoms with van der Waals surface area (Å²) >= 11 is 7.42. The smallest absolute Gasteiger partial charge is 0.226 e. The van der Waals surface area contributed by atoms with Crippen molar-refractivity contribution in [2.75, 3.05) is 0 Å². The minimum Gasteiger partial charge on any atom is -0.226 e. The van der Waals surface area contributed by atoms with Gasteiger partial charge in [-0.25, -0.2) is 4.98 Å². The van der Waals surface area contributed by atoms with Gasteiger partial charge in [-0.3, -0.25) is 0 Å². The lowest BCUT2D eigenvalue weighted by Crippen LogP contribution is -1.99. The minimum absolute atomic E-state index is 0.702. The number of benzene rings is 2. The third-order valence-corrected chi connectivity index (χ3v) is 4.88. The number of nitrogens with zero attached hydrogens (tertiary/aromatic N) is 5. The van der Waals surface area contributed by atoms with E-state index in [4.69, 9.17) is 11.6 Å². The van der Waals surface area contributed by atoms with Gasteiger partial charge in [0.05, 0.1) is 5.52 Å². The number of hydrogen-bond acceptors (Lipinski definition) is 5. The molecule has 110 valence electrons. The molecule has 5 nitrogen and oxygen atoms in total. The second kappa shape index (κ2) is 4.71. The zero-order valence-corrected chi connectivity index (χ0v) is 13.2. The predicted octanol–water partition coefficient (Wildman–Crippen LogP) is 4.16. The number of fused-ring (bicyclic) bond motifs is 5. The molecule has 0 aliphatic carbocycles. The van der Waals surface area contributed by atoms with Crippen LogP contribution in [0.15, 0.2) is 48.5 Å². The quantitative estimate of drug-likeness (QED) is 0.461. The van der Waals surface area contributed by atoms with E-state index < -0.39 is 0 Å². The highest BCUT2D eigenvalue weighted by Gasteiger charge is 2.20. The molecule has 1 aromatic heterocycles. The molecular formula is C16H8ClN5S. The van der Waals surface area contributed by atoms with E-state index in [1.807, 2.05) is 48.5 Å². The summed E-state index contributed by atoms with van der Waals surface area (Å²) in [5.41, 5.74) is 2.66. The van der Waals surface area contributed by atoms with E-state index in [0.29, 0.717) is 9.98 Å². The van der Waals surface area contributed by atoms with Crippen molar-refractivity contribution < 1.29 is 0 Å². The summed E-state index contributed by atoms with van der Waals surface area (Å²) in [5, 5.41) is 15.8. The molecule has 0 spiro atoms. The van der Waals surface area contributed by atoms with E-state index in [-0.39, 0.29) is 0 Å². The van der Waals surface area contributed by atoms with Gasteiger partial charge in [-0.05, 0) is 18.2 Å². The molecule has 2 aromatic carbocycles. The SMILES string of the molecule is Clc1ccc(-c2nn3c4nc5ccccc5c-4nnc3s2)cc1. The average Bonchev–Trinajstić information content (AvgIpc) is 3.16. The average molecular weight is 338 g/mol.